The average molecular weight is 245 g/mol. The van der Waals surface area contributed by atoms with Crippen LogP contribution in [0.4, 0.5) is 0 Å². The van der Waals surface area contributed by atoms with Crippen molar-refractivity contribution >= 4 is 0 Å². The standard InChI is InChI=1S/C15H19NO2/c1-12(13-5-3-2-4-6-13)9-14(17)15(10-16)7-8-18-11-15/h2-6,12,14,17H,7-9,11H2,1H3. The van der Waals surface area contributed by atoms with E-state index in [1.54, 1.807) is 0 Å². The topological polar surface area (TPSA) is 53.2 Å². The van der Waals surface area contributed by atoms with E-state index in [9.17, 15) is 10.4 Å². The quantitative estimate of drug-likeness (QED) is 0.886. The molecule has 3 unspecified atom stereocenters. The molecule has 1 aliphatic heterocycles. The first-order valence-electron chi connectivity index (χ1n) is 6.40. The molecule has 3 heteroatoms. The van der Waals surface area contributed by atoms with Gasteiger partial charge in [0.15, 0.2) is 0 Å². The van der Waals surface area contributed by atoms with Crippen LogP contribution in [0.1, 0.15) is 31.2 Å². The zero-order chi connectivity index (χ0) is 13.0. The minimum atomic E-state index is -0.705. The number of nitrogens with zero attached hydrogens (tertiary/aromatic N) is 1. The van der Waals surface area contributed by atoms with E-state index in [1.807, 2.05) is 18.2 Å². The van der Waals surface area contributed by atoms with Crippen molar-refractivity contribution < 1.29 is 9.84 Å². The molecule has 0 radical (unpaired) electrons. The van der Waals surface area contributed by atoms with Crippen LogP contribution in [0.15, 0.2) is 30.3 Å². The molecule has 1 aromatic carbocycles. The van der Waals surface area contributed by atoms with Gasteiger partial charge in [0.2, 0.25) is 0 Å². The maximum Gasteiger partial charge on any atom is 0.109 e. The first-order valence-corrected chi connectivity index (χ1v) is 6.40. The normalized spacial score (nSPS) is 26.5. The zero-order valence-corrected chi connectivity index (χ0v) is 10.7. The maximum atomic E-state index is 10.3. The van der Waals surface area contributed by atoms with Gasteiger partial charge in [0.25, 0.3) is 0 Å². The minimum absolute atomic E-state index is 0.243. The summed E-state index contributed by atoms with van der Waals surface area (Å²) in [5.41, 5.74) is 0.492. The number of aliphatic hydroxyl groups is 1. The average Bonchev–Trinajstić information content (AvgIpc) is 2.89. The Morgan fingerprint density at radius 2 is 2.17 bits per heavy atom. The number of benzene rings is 1. The monoisotopic (exact) mass is 245 g/mol. The van der Waals surface area contributed by atoms with E-state index in [1.165, 1.54) is 5.56 Å². The van der Waals surface area contributed by atoms with Gasteiger partial charge in [0.05, 0.1) is 18.8 Å². The Balaban J connectivity index is 2.03. The van der Waals surface area contributed by atoms with Crippen LogP contribution in [0.3, 0.4) is 0 Å². The lowest BCUT2D eigenvalue weighted by Gasteiger charge is -2.27. The van der Waals surface area contributed by atoms with Crippen LogP contribution in [0, 0.1) is 16.7 Å². The van der Waals surface area contributed by atoms with E-state index in [0.29, 0.717) is 26.1 Å². The predicted molar refractivity (Wildman–Crippen MR) is 69.0 cm³/mol. The highest BCUT2D eigenvalue weighted by molar-refractivity contribution is 5.19. The van der Waals surface area contributed by atoms with Crippen molar-refractivity contribution in [3.63, 3.8) is 0 Å². The lowest BCUT2D eigenvalue weighted by atomic mass is 9.78. The molecule has 0 aliphatic carbocycles. The van der Waals surface area contributed by atoms with Crippen LogP contribution < -0.4 is 0 Å². The Morgan fingerprint density at radius 3 is 2.72 bits per heavy atom. The van der Waals surface area contributed by atoms with Gasteiger partial charge < -0.3 is 9.84 Å². The summed E-state index contributed by atoms with van der Waals surface area (Å²) in [4.78, 5) is 0. The number of aliphatic hydroxyl groups excluding tert-OH is 1. The molecule has 18 heavy (non-hydrogen) atoms. The molecule has 1 saturated heterocycles. The van der Waals surface area contributed by atoms with Crippen LogP contribution >= 0.6 is 0 Å². The molecule has 96 valence electrons. The fourth-order valence-electron chi connectivity index (χ4n) is 2.48. The number of hydrogen-bond donors (Lipinski definition) is 1. The highest BCUT2D eigenvalue weighted by Crippen LogP contribution is 2.36. The van der Waals surface area contributed by atoms with E-state index in [4.69, 9.17) is 4.74 Å². The Hall–Kier alpha value is -1.37. The second-order valence-corrected chi connectivity index (χ2v) is 5.13. The molecule has 0 bridgehead atoms. The van der Waals surface area contributed by atoms with Crippen molar-refractivity contribution in [1.29, 1.82) is 5.26 Å². The number of ether oxygens (including phenoxy) is 1. The SMILES string of the molecule is CC(CC(O)C1(C#N)CCOC1)c1ccccc1. The van der Waals surface area contributed by atoms with Crippen LogP contribution in [-0.2, 0) is 4.74 Å². The minimum Gasteiger partial charge on any atom is -0.391 e. The summed E-state index contributed by atoms with van der Waals surface area (Å²) in [6.07, 6.45) is 0.604. The zero-order valence-electron chi connectivity index (χ0n) is 10.7. The van der Waals surface area contributed by atoms with Crippen molar-refractivity contribution in [2.75, 3.05) is 13.2 Å². The molecule has 1 fully saturated rings. The largest absolute Gasteiger partial charge is 0.391 e. The molecule has 0 amide bonds. The lowest BCUT2D eigenvalue weighted by Crippen LogP contribution is -2.35. The molecule has 1 heterocycles. The molecule has 1 N–H and O–H groups in total. The first kappa shape index (κ1) is 13.1. The highest BCUT2D eigenvalue weighted by Gasteiger charge is 2.42. The van der Waals surface area contributed by atoms with E-state index in [2.05, 4.69) is 25.1 Å². The molecule has 1 aliphatic rings. The van der Waals surface area contributed by atoms with Crippen molar-refractivity contribution in [3.8, 4) is 6.07 Å². The maximum absolute atomic E-state index is 10.3. The van der Waals surface area contributed by atoms with Gasteiger partial charge >= 0.3 is 0 Å². The first-order chi connectivity index (χ1) is 8.68. The van der Waals surface area contributed by atoms with Gasteiger partial charge in [-0.2, -0.15) is 5.26 Å². The molecule has 3 atom stereocenters. The summed E-state index contributed by atoms with van der Waals surface area (Å²) < 4.78 is 5.28. The molecule has 0 aromatic heterocycles. The van der Waals surface area contributed by atoms with Gasteiger partial charge in [-0.3, -0.25) is 0 Å². The summed E-state index contributed by atoms with van der Waals surface area (Å²) in [7, 11) is 0. The Morgan fingerprint density at radius 1 is 1.44 bits per heavy atom. The van der Waals surface area contributed by atoms with Crippen molar-refractivity contribution in [3.05, 3.63) is 35.9 Å². The Labute approximate surface area is 108 Å². The smallest absolute Gasteiger partial charge is 0.109 e. The van der Waals surface area contributed by atoms with E-state index in [0.717, 1.165) is 0 Å². The van der Waals surface area contributed by atoms with Crippen LogP contribution in [0.5, 0.6) is 0 Å². The summed E-state index contributed by atoms with van der Waals surface area (Å²) in [6.45, 7) is 3.01. The summed E-state index contributed by atoms with van der Waals surface area (Å²) in [5.74, 6) is 0.243. The number of rotatable bonds is 4. The Kier molecular flexibility index (Phi) is 4.00. The van der Waals surface area contributed by atoms with Gasteiger partial charge in [-0.15, -0.1) is 0 Å². The number of hydrogen-bond acceptors (Lipinski definition) is 3. The fraction of sp³-hybridized carbons (Fsp3) is 0.533. The molecule has 0 saturated carbocycles. The summed E-state index contributed by atoms with van der Waals surface area (Å²) in [5, 5.41) is 19.6. The van der Waals surface area contributed by atoms with Crippen molar-refractivity contribution in [1.82, 2.24) is 0 Å². The van der Waals surface area contributed by atoms with Crippen molar-refractivity contribution in [2.45, 2.75) is 31.8 Å². The van der Waals surface area contributed by atoms with Gasteiger partial charge in [-0.1, -0.05) is 37.3 Å². The second-order valence-electron chi connectivity index (χ2n) is 5.13. The van der Waals surface area contributed by atoms with Crippen LogP contribution in [0.2, 0.25) is 0 Å². The van der Waals surface area contributed by atoms with E-state index >= 15 is 0 Å². The van der Waals surface area contributed by atoms with Gasteiger partial charge in [0.1, 0.15) is 5.41 Å². The Bertz CT molecular complexity index is 418. The van der Waals surface area contributed by atoms with Gasteiger partial charge in [0, 0.05) is 6.61 Å². The lowest BCUT2D eigenvalue weighted by molar-refractivity contribution is 0.0408. The molecule has 2 rings (SSSR count). The third-order valence-electron chi connectivity index (χ3n) is 3.86. The number of nitriles is 1. The highest BCUT2D eigenvalue weighted by atomic mass is 16.5. The summed E-state index contributed by atoms with van der Waals surface area (Å²) in [6, 6.07) is 12.3. The van der Waals surface area contributed by atoms with Gasteiger partial charge in [-0.25, -0.2) is 0 Å². The molecule has 1 aromatic rings. The summed E-state index contributed by atoms with van der Waals surface area (Å²) >= 11 is 0. The third-order valence-corrected chi connectivity index (χ3v) is 3.86. The molecule has 0 spiro atoms. The van der Waals surface area contributed by atoms with Crippen LogP contribution in [0.25, 0.3) is 0 Å². The molecular weight excluding hydrogens is 226 g/mol. The molecular formula is C15H19NO2. The van der Waals surface area contributed by atoms with Crippen LogP contribution in [-0.4, -0.2) is 24.4 Å². The van der Waals surface area contributed by atoms with E-state index in [-0.39, 0.29) is 5.92 Å². The second kappa shape index (κ2) is 5.51. The van der Waals surface area contributed by atoms with E-state index < -0.39 is 11.5 Å². The fourth-order valence-corrected chi connectivity index (χ4v) is 2.48. The predicted octanol–water partition coefficient (Wildman–Crippen LogP) is 2.47. The van der Waals surface area contributed by atoms with Gasteiger partial charge in [-0.05, 0) is 24.3 Å². The molecule has 3 nitrogen and oxygen atoms in total. The van der Waals surface area contributed by atoms with Crippen molar-refractivity contribution in [2.24, 2.45) is 5.41 Å². The third kappa shape index (κ3) is 2.55.